The molecular formula is C8H11NO4. The SMILES string of the molecule is CC1(C)OC2CC(=O)N2C1C(=O)O. The van der Waals surface area contributed by atoms with Gasteiger partial charge in [-0.15, -0.1) is 0 Å². The average molecular weight is 185 g/mol. The largest absolute Gasteiger partial charge is 0.480 e. The molecule has 13 heavy (non-hydrogen) atoms. The molecule has 0 aromatic heterocycles. The zero-order valence-corrected chi connectivity index (χ0v) is 7.48. The van der Waals surface area contributed by atoms with Crippen molar-refractivity contribution in [2.45, 2.75) is 38.1 Å². The van der Waals surface area contributed by atoms with Crippen molar-refractivity contribution in [1.82, 2.24) is 4.90 Å². The van der Waals surface area contributed by atoms with Crippen LogP contribution in [0.25, 0.3) is 0 Å². The van der Waals surface area contributed by atoms with E-state index in [4.69, 9.17) is 9.84 Å². The maximum Gasteiger partial charge on any atom is 0.329 e. The second-order valence-corrected chi connectivity index (χ2v) is 3.92. The average Bonchev–Trinajstić information content (AvgIpc) is 2.18. The minimum atomic E-state index is -0.999. The lowest BCUT2D eigenvalue weighted by Gasteiger charge is -2.34. The van der Waals surface area contributed by atoms with E-state index in [2.05, 4.69) is 0 Å². The van der Waals surface area contributed by atoms with Crippen LogP contribution in [0.2, 0.25) is 0 Å². The van der Waals surface area contributed by atoms with Gasteiger partial charge in [0.15, 0.2) is 6.04 Å². The molecule has 2 aliphatic rings. The molecule has 0 saturated carbocycles. The summed E-state index contributed by atoms with van der Waals surface area (Å²) in [7, 11) is 0. The number of β-lactam (4-membered cyclic amide) rings is 1. The summed E-state index contributed by atoms with van der Waals surface area (Å²) in [5.41, 5.74) is -0.775. The number of ether oxygens (including phenoxy) is 1. The van der Waals surface area contributed by atoms with Crippen molar-refractivity contribution in [3.8, 4) is 0 Å². The molecular weight excluding hydrogens is 174 g/mol. The Morgan fingerprint density at radius 1 is 1.69 bits per heavy atom. The third-order valence-electron chi connectivity index (χ3n) is 2.56. The van der Waals surface area contributed by atoms with E-state index < -0.39 is 17.6 Å². The summed E-state index contributed by atoms with van der Waals surface area (Å²) in [6.07, 6.45) is -0.00340. The van der Waals surface area contributed by atoms with Crippen LogP contribution in [-0.2, 0) is 14.3 Å². The van der Waals surface area contributed by atoms with Crippen LogP contribution in [0.15, 0.2) is 0 Å². The summed E-state index contributed by atoms with van der Waals surface area (Å²) in [4.78, 5) is 23.3. The van der Waals surface area contributed by atoms with Crippen molar-refractivity contribution in [2.24, 2.45) is 0 Å². The van der Waals surface area contributed by atoms with Crippen LogP contribution in [-0.4, -0.2) is 39.8 Å². The van der Waals surface area contributed by atoms with Crippen LogP contribution in [0.1, 0.15) is 20.3 Å². The molecule has 0 aliphatic carbocycles. The molecule has 2 saturated heterocycles. The van der Waals surface area contributed by atoms with E-state index >= 15 is 0 Å². The van der Waals surface area contributed by atoms with Crippen molar-refractivity contribution < 1.29 is 19.4 Å². The van der Waals surface area contributed by atoms with Gasteiger partial charge in [0.2, 0.25) is 5.91 Å². The first-order valence-corrected chi connectivity index (χ1v) is 4.15. The highest BCUT2D eigenvalue weighted by molar-refractivity contribution is 5.89. The van der Waals surface area contributed by atoms with E-state index in [0.717, 1.165) is 0 Å². The molecule has 0 bridgehead atoms. The van der Waals surface area contributed by atoms with E-state index in [1.165, 1.54) is 4.90 Å². The predicted molar refractivity (Wildman–Crippen MR) is 41.8 cm³/mol. The fourth-order valence-electron chi connectivity index (χ4n) is 1.98. The second kappa shape index (κ2) is 2.23. The van der Waals surface area contributed by atoms with Gasteiger partial charge in [-0.3, -0.25) is 9.69 Å². The molecule has 72 valence electrons. The molecule has 2 heterocycles. The molecule has 0 aromatic rings. The van der Waals surface area contributed by atoms with Gasteiger partial charge in [-0.05, 0) is 13.8 Å². The van der Waals surface area contributed by atoms with Crippen LogP contribution in [0.4, 0.5) is 0 Å². The van der Waals surface area contributed by atoms with Crippen LogP contribution in [0.3, 0.4) is 0 Å². The first kappa shape index (κ1) is 8.50. The maximum absolute atomic E-state index is 11.1. The molecule has 0 aromatic carbocycles. The molecule has 1 amide bonds. The molecule has 2 aliphatic heterocycles. The topological polar surface area (TPSA) is 66.8 Å². The van der Waals surface area contributed by atoms with E-state index in [-0.39, 0.29) is 12.1 Å². The van der Waals surface area contributed by atoms with Gasteiger partial charge in [-0.25, -0.2) is 4.79 Å². The van der Waals surface area contributed by atoms with Gasteiger partial charge >= 0.3 is 5.97 Å². The van der Waals surface area contributed by atoms with Gasteiger partial charge in [-0.1, -0.05) is 0 Å². The Kier molecular flexibility index (Phi) is 1.46. The van der Waals surface area contributed by atoms with Gasteiger partial charge in [0.05, 0.1) is 12.0 Å². The zero-order valence-electron chi connectivity index (χ0n) is 7.48. The zero-order chi connectivity index (χ0) is 9.80. The number of aliphatic carboxylic acids is 1. The van der Waals surface area contributed by atoms with Crippen LogP contribution < -0.4 is 0 Å². The summed E-state index contributed by atoms with van der Waals surface area (Å²) in [6, 6.07) is -0.834. The van der Waals surface area contributed by atoms with E-state index in [1.54, 1.807) is 13.8 Å². The van der Waals surface area contributed by atoms with Gasteiger partial charge in [0.1, 0.15) is 6.23 Å². The van der Waals surface area contributed by atoms with Crippen molar-refractivity contribution in [2.75, 3.05) is 0 Å². The number of fused-ring (bicyclic) bond motifs is 1. The Hall–Kier alpha value is -1.10. The minimum absolute atomic E-state index is 0.136. The van der Waals surface area contributed by atoms with Gasteiger partial charge in [0.25, 0.3) is 0 Å². The third-order valence-corrected chi connectivity index (χ3v) is 2.56. The number of carboxylic acids is 1. The fourth-order valence-corrected chi connectivity index (χ4v) is 1.98. The quantitative estimate of drug-likeness (QED) is 0.575. The highest BCUT2D eigenvalue weighted by Gasteiger charge is 2.59. The first-order valence-electron chi connectivity index (χ1n) is 4.15. The molecule has 2 atom stereocenters. The van der Waals surface area contributed by atoms with Crippen molar-refractivity contribution in [3.05, 3.63) is 0 Å². The van der Waals surface area contributed by atoms with Gasteiger partial charge in [-0.2, -0.15) is 0 Å². The van der Waals surface area contributed by atoms with Gasteiger partial charge in [0, 0.05) is 0 Å². The standard InChI is InChI=1S/C8H11NO4/c1-8(2)6(7(11)12)9-4(10)3-5(9)13-8/h5-6H,3H2,1-2H3,(H,11,12). The van der Waals surface area contributed by atoms with E-state index in [9.17, 15) is 9.59 Å². The Bertz CT molecular complexity index is 286. The highest BCUT2D eigenvalue weighted by Crippen LogP contribution is 2.39. The fraction of sp³-hybridized carbons (Fsp3) is 0.750. The highest BCUT2D eigenvalue weighted by atomic mass is 16.6. The number of amides is 1. The van der Waals surface area contributed by atoms with Crippen molar-refractivity contribution in [3.63, 3.8) is 0 Å². The predicted octanol–water partition coefficient (Wildman–Crippen LogP) is -0.193. The molecule has 2 rings (SSSR count). The molecule has 1 N–H and O–H groups in total. The monoisotopic (exact) mass is 185 g/mol. The summed E-state index contributed by atoms with van der Waals surface area (Å²) in [5, 5.41) is 8.91. The number of hydrogen-bond acceptors (Lipinski definition) is 3. The number of hydrogen-bond donors (Lipinski definition) is 1. The van der Waals surface area contributed by atoms with E-state index in [1.807, 2.05) is 0 Å². The Labute approximate surface area is 75.3 Å². The summed E-state index contributed by atoms with van der Waals surface area (Å²) in [5.74, 6) is -1.14. The summed E-state index contributed by atoms with van der Waals surface area (Å²) >= 11 is 0. The normalized spacial score (nSPS) is 35.5. The number of carboxylic acid groups (broad SMARTS) is 1. The number of carbonyl (C=O) groups excluding carboxylic acids is 1. The molecule has 0 spiro atoms. The molecule has 2 unspecified atom stereocenters. The third kappa shape index (κ3) is 0.966. The van der Waals surface area contributed by atoms with Crippen LogP contribution in [0.5, 0.6) is 0 Å². The van der Waals surface area contributed by atoms with Gasteiger partial charge < -0.3 is 9.84 Å². The summed E-state index contributed by atoms with van der Waals surface area (Å²) < 4.78 is 5.42. The Morgan fingerprint density at radius 3 is 2.69 bits per heavy atom. The van der Waals surface area contributed by atoms with Crippen LogP contribution >= 0.6 is 0 Å². The first-order chi connectivity index (χ1) is 5.93. The maximum atomic E-state index is 11.1. The Balaban J connectivity index is 2.30. The second-order valence-electron chi connectivity index (χ2n) is 3.92. The van der Waals surface area contributed by atoms with Crippen LogP contribution in [0, 0.1) is 0 Å². The smallest absolute Gasteiger partial charge is 0.329 e. The lowest BCUT2D eigenvalue weighted by atomic mass is 9.97. The Morgan fingerprint density at radius 2 is 2.31 bits per heavy atom. The van der Waals surface area contributed by atoms with E-state index in [0.29, 0.717) is 6.42 Å². The number of nitrogens with zero attached hydrogens (tertiary/aromatic N) is 1. The lowest BCUT2D eigenvalue weighted by Crippen LogP contribution is -2.56. The summed E-state index contributed by atoms with van der Waals surface area (Å²) in [6.45, 7) is 3.38. The molecule has 5 heteroatoms. The number of carbonyl (C=O) groups is 2. The number of rotatable bonds is 1. The molecule has 0 radical (unpaired) electrons. The molecule has 5 nitrogen and oxygen atoms in total. The van der Waals surface area contributed by atoms with Crippen molar-refractivity contribution in [1.29, 1.82) is 0 Å². The molecule has 2 fully saturated rings. The van der Waals surface area contributed by atoms with Crippen molar-refractivity contribution >= 4 is 11.9 Å². The minimum Gasteiger partial charge on any atom is -0.480 e. The lowest BCUT2D eigenvalue weighted by molar-refractivity contribution is -0.163.